The Kier molecular flexibility index (Phi) is 32.4. The number of aromatic nitrogens is 3. The number of nitrogens with zero attached hydrogens (tertiary/aromatic N) is 3. The third-order valence-corrected chi connectivity index (χ3v) is 16.3. The number of thioether (sulfide) groups is 1. The number of aliphatic imine (C=N–C) groups is 1. The standard InChI is InChI=1S/C60H88N16O13S.C4H6O3/c1-7-65-57(88)48-15-11-23-76(48)58(89)41(14-10-22-66-59(62)63)69-56(87)47(31-90-60(4,5)6)75-51(82)42(24-33(2)3)71-52(83)43(25-34-16-18-37(78)19-17-34)72-55(86)46(30-77)74-53(84)44(26-35-28-67-40-13-9-8-12-38(35)40)73-54(85)45(27-36-29-64-32-68-36)70-50(81)39(61)20-21-49(79)80;1-3(5)2-4(6)7/h8-9,12-13,16-19,28-29,32-33,39,41-48,67,77-78H,7,10-11,14-15,20-27,30-31,61H2,1-6H3,(H,64,68)(H,65,88)(H,69,87)(H,70,81)(H,71,83)(H,72,86)(H,73,85)(H,74,84)(H,75,82)(H,79,80)(H4,62,63,66);2H2,1H3,(H,6,7)/t39-,41-,42+,43-,44-,45-,46-,47-,48-;/m0./s1. The SMILES string of the molecule is CC(=O)CC(=O)O.CCNC(=O)[C@@H]1CCCN1C(=O)[C@H](CCCN=C(N)N)NC(=O)[C@H](CSC(C)(C)C)NC(=O)[C@@H](CC(C)C)NC(=O)[C@H](Cc1ccc(O)cc1)NC(=O)[C@H](CO)NC(=O)[C@H](Cc1c[nH]c2ccccc12)NC(=O)[C@H](Cc1cnc[nH]1)NC(=O)[C@@H](N)CCC(=O)O. The van der Waals surface area contributed by atoms with Gasteiger partial charge in [0.1, 0.15) is 66.3 Å². The van der Waals surface area contributed by atoms with E-state index in [-0.39, 0.29) is 99.5 Å². The van der Waals surface area contributed by atoms with Crippen LogP contribution in [0.3, 0.4) is 0 Å². The quantitative estimate of drug-likeness (QED) is 0.0112. The number of hydrogen-bond acceptors (Lipinski definition) is 18. The van der Waals surface area contributed by atoms with E-state index in [1.807, 2.05) is 20.8 Å². The third-order valence-electron chi connectivity index (χ3n) is 15.0. The van der Waals surface area contributed by atoms with Crippen LogP contribution < -0.4 is 59.7 Å². The highest BCUT2D eigenvalue weighted by atomic mass is 32.2. The number of para-hydroxylation sites is 1. The number of amides is 9. The number of carboxylic acids is 2. The van der Waals surface area contributed by atoms with Gasteiger partial charge in [0.15, 0.2) is 5.96 Å². The van der Waals surface area contributed by atoms with Crippen molar-refractivity contribution in [2.75, 3.05) is 32.0 Å². The molecule has 32 nitrogen and oxygen atoms in total. The summed E-state index contributed by atoms with van der Waals surface area (Å²) in [5.41, 5.74) is 19.2. The fourth-order valence-electron chi connectivity index (χ4n) is 10.1. The lowest BCUT2D eigenvalue weighted by atomic mass is 10.0. The van der Waals surface area contributed by atoms with Gasteiger partial charge in [-0.25, -0.2) is 4.98 Å². The van der Waals surface area contributed by atoms with Crippen LogP contribution in [-0.4, -0.2) is 208 Å². The Bertz CT molecular complexity index is 3340. The molecule has 2 aromatic heterocycles. The maximum absolute atomic E-state index is 14.8. The molecule has 20 N–H and O–H groups in total. The number of rotatable bonds is 37. The number of nitrogens with two attached hydrogens (primary N) is 3. The summed E-state index contributed by atoms with van der Waals surface area (Å²) in [6.07, 6.45) is 4.00. The zero-order chi connectivity index (χ0) is 72.1. The lowest BCUT2D eigenvalue weighted by Gasteiger charge is -2.31. The second-order valence-electron chi connectivity index (χ2n) is 24.7. The molecule has 9 amide bonds. The lowest BCUT2D eigenvalue weighted by molar-refractivity contribution is -0.142. The van der Waals surface area contributed by atoms with Gasteiger partial charge in [-0.05, 0) is 87.6 Å². The summed E-state index contributed by atoms with van der Waals surface area (Å²) in [6.45, 7) is 12.0. The summed E-state index contributed by atoms with van der Waals surface area (Å²) in [6, 6.07) is 0.667. The Morgan fingerprint density at radius 3 is 1.86 bits per heavy atom. The molecule has 33 heteroatoms. The number of carboxylic acid groups (broad SMARTS) is 2. The van der Waals surface area contributed by atoms with Gasteiger partial charge in [0.25, 0.3) is 0 Å². The van der Waals surface area contributed by atoms with Crippen molar-refractivity contribution in [1.82, 2.24) is 62.4 Å². The van der Waals surface area contributed by atoms with Crippen LogP contribution in [-0.2, 0) is 76.8 Å². The average molecular weight is 1380 g/mol. The maximum Gasteiger partial charge on any atom is 0.310 e. The number of fused-ring (bicyclic) bond motifs is 1. The zero-order valence-corrected chi connectivity index (χ0v) is 56.4. The van der Waals surface area contributed by atoms with Gasteiger partial charge in [0.05, 0.1) is 19.0 Å². The van der Waals surface area contributed by atoms with Crippen LogP contribution in [0.15, 0.2) is 72.2 Å². The molecule has 9 atom stereocenters. The predicted molar refractivity (Wildman–Crippen MR) is 359 cm³/mol. The summed E-state index contributed by atoms with van der Waals surface area (Å²) >= 11 is 1.35. The average Bonchev–Trinajstić information content (AvgIpc) is 1.79. The van der Waals surface area contributed by atoms with Crippen LogP contribution in [0.4, 0.5) is 0 Å². The summed E-state index contributed by atoms with van der Waals surface area (Å²) in [5.74, 6) is -10.1. The number of phenolic OH excluding ortho intramolecular Hbond substituents is 1. The van der Waals surface area contributed by atoms with Gasteiger partial charge in [-0.3, -0.25) is 62.5 Å². The topological polar surface area (TPSA) is 520 Å². The van der Waals surface area contributed by atoms with Crippen LogP contribution in [0.5, 0.6) is 5.75 Å². The van der Waals surface area contributed by atoms with Gasteiger partial charge in [0.2, 0.25) is 53.2 Å². The van der Waals surface area contributed by atoms with Crippen molar-refractivity contribution >= 4 is 99.5 Å². The molecule has 0 unspecified atom stereocenters. The number of hydrogen-bond donors (Lipinski definition) is 17. The number of imidazole rings is 1. The fraction of sp³-hybridized carbons (Fsp3) is 0.531. The van der Waals surface area contributed by atoms with Crippen molar-refractivity contribution in [2.45, 2.75) is 178 Å². The number of likely N-dealkylation sites (N-methyl/N-ethyl adjacent to an activating group) is 1. The van der Waals surface area contributed by atoms with E-state index in [1.165, 1.54) is 60.4 Å². The highest BCUT2D eigenvalue weighted by Gasteiger charge is 2.40. The van der Waals surface area contributed by atoms with Crippen molar-refractivity contribution in [3.63, 3.8) is 0 Å². The molecule has 0 radical (unpaired) electrons. The van der Waals surface area contributed by atoms with E-state index in [4.69, 9.17) is 22.3 Å². The molecule has 3 heterocycles. The number of carbonyl (C=O) groups is 12. The number of aromatic hydroxyl groups is 1. The van der Waals surface area contributed by atoms with E-state index in [1.54, 1.807) is 51.2 Å². The van der Waals surface area contributed by atoms with Crippen LogP contribution in [0.25, 0.3) is 10.9 Å². The molecule has 532 valence electrons. The number of aliphatic hydroxyl groups is 1. The van der Waals surface area contributed by atoms with Crippen LogP contribution in [0.2, 0.25) is 0 Å². The Morgan fingerprint density at radius 1 is 0.722 bits per heavy atom. The molecular formula is C64H94N16O16S. The highest BCUT2D eigenvalue weighted by Crippen LogP contribution is 2.25. The summed E-state index contributed by atoms with van der Waals surface area (Å²) < 4.78 is -0.429. The normalized spacial score (nSPS) is 15.2. The van der Waals surface area contributed by atoms with E-state index in [9.17, 15) is 72.9 Å². The monoisotopic (exact) mass is 1370 g/mol. The van der Waals surface area contributed by atoms with E-state index in [2.05, 4.69) is 62.5 Å². The largest absolute Gasteiger partial charge is 0.508 e. The number of ketones is 1. The number of benzene rings is 2. The van der Waals surface area contributed by atoms with E-state index >= 15 is 0 Å². The number of aliphatic carboxylic acids is 2. The maximum atomic E-state index is 14.8. The number of aliphatic hydroxyl groups excluding tert-OH is 1. The molecule has 1 saturated heterocycles. The molecule has 0 saturated carbocycles. The van der Waals surface area contributed by atoms with E-state index < -0.39 is 131 Å². The van der Waals surface area contributed by atoms with E-state index in [0.29, 0.717) is 47.1 Å². The first-order valence-electron chi connectivity index (χ1n) is 31.8. The van der Waals surface area contributed by atoms with Crippen molar-refractivity contribution in [3.8, 4) is 5.75 Å². The molecule has 1 aliphatic rings. The number of carbonyl (C=O) groups excluding carboxylic acids is 10. The number of likely N-dealkylation sites (tertiary alicyclic amines) is 1. The smallest absolute Gasteiger partial charge is 0.310 e. The minimum atomic E-state index is -1.79. The number of H-pyrrole nitrogens is 2. The molecule has 4 aromatic rings. The van der Waals surface area contributed by atoms with E-state index in [0.717, 1.165) is 0 Å². The molecule has 0 bridgehead atoms. The van der Waals surface area contributed by atoms with Gasteiger partial charge in [0, 0.05) is 84.8 Å². The molecule has 5 rings (SSSR count). The van der Waals surface area contributed by atoms with Crippen molar-refractivity contribution in [3.05, 3.63) is 84.1 Å². The fourth-order valence-corrected chi connectivity index (χ4v) is 11.0. The minimum absolute atomic E-state index is 0.0108. The second-order valence-corrected chi connectivity index (χ2v) is 26.6. The molecule has 1 aliphatic heterocycles. The number of nitrogens with one attached hydrogen (secondary N) is 10. The van der Waals surface area contributed by atoms with Crippen LogP contribution in [0, 0.1) is 5.92 Å². The number of guanidine groups is 1. The number of phenols is 1. The summed E-state index contributed by atoms with van der Waals surface area (Å²) in [5, 5.41) is 60.1. The first-order valence-corrected chi connectivity index (χ1v) is 32.8. The summed E-state index contributed by atoms with van der Waals surface area (Å²) in [4.78, 5) is 174. The van der Waals surface area contributed by atoms with Crippen LogP contribution in [0.1, 0.15) is 117 Å². The molecule has 2 aromatic carbocycles. The molecular weight excluding hydrogens is 1280 g/mol. The first kappa shape index (κ1) is 79.8. The predicted octanol–water partition coefficient (Wildman–Crippen LogP) is -0.989. The second kappa shape index (κ2) is 39.4. The van der Waals surface area contributed by atoms with Gasteiger partial charge >= 0.3 is 11.9 Å². The van der Waals surface area contributed by atoms with Gasteiger partial charge in [-0.1, -0.05) is 65.0 Å². The number of aromatic amines is 2. The molecule has 1 fully saturated rings. The van der Waals surface area contributed by atoms with Crippen molar-refractivity contribution in [2.24, 2.45) is 28.1 Å². The third kappa shape index (κ3) is 27.9. The summed E-state index contributed by atoms with van der Waals surface area (Å²) in [7, 11) is 0. The van der Waals surface area contributed by atoms with Crippen molar-refractivity contribution in [1.29, 1.82) is 0 Å². The van der Waals surface area contributed by atoms with Crippen molar-refractivity contribution < 1.29 is 78.0 Å². The Hall–Kier alpha value is -9.63. The zero-order valence-electron chi connectivity index (χ0n) is 55.6. The minimum Gasteiger partial charge on any atom is -0.508 e. The Morgan fingerprint density at radius 2 is 1.29 bits per heavy atom. The Balaban J connectivity index is 0.00000270. The van der Waals surface area contributed by atoms with Gasteiger partial charge in [-0.2, -0.15) is 11.8 Å². The molecule has 97 heavy (non-hydrogen) atoms. The molecule has 0 spiro atoms. The Labute approximate surface area is 565 Å². The van der Waals surface area contributed by atoms with Gasteiger partial charge < -0.3 is 95.0 Å². The number of Topliss-reactive ketones (excluding diaryl/α,β-unsaturated/α-hetero) is 1. The van der Waals surface area contributed by atoms with Gasteiger partial charge in [-0.15, -0.1) is 0 Å². The molecule has 0 aliphatic carbocycles. The first-order chi connectivity index (χ1) is 45.8. The van der Waals surface area contributed by atoms with Crippen LogP contribution >= 0.6 is 11.8 Å². The lowest BCUT2D eigenvalue weighted by Crippen LogP contribution is -2.61. The highest BCUT2D eigenvalue weighted by molar-refractivity contribution is 8.00.